The van der Waals surface area contributed by atoms with Crippen LogP contribution >= 0.6 is 0 Å². The Hall–Kier alpha value is -1.81. The predicted octanol–water partition coefficient (Wildman–Crippen LogP) is 1.87. The summed E-state index contributed by atoms with van der Waals surface area (Å²) in [5.41, 5.74) is 10.2. The highest BCUT2D eigenvalue weighted by molar-refractivity contribution is 5.59. The molecular weight excluding hydrogens is 236 g/mol. The van der Waals surface area contributed by atoms with Crippen LogP contribution in [0.1, 0.15) is 24.1 Å². The van der Waals surface area contributed by atoms with Crippen LogP contribution in [0, 0.1) is 0 Å². The van der Waals surface area contributed by atoms with Crippen molar-refractivity contribution in [1.82, 2.24) is 9.78 Å². The van der Waals surface area contributed by atoms with E-state index >= 15 is 0 Å². The van der Waals surface area contributed by atoms with Crippen molar-refractivity contribution >= 4 is 5.69 Å². The molecule has 2 N–H and O–H groups in total. The van der Waals surface area contributed by atoms with Crippen LogP contribution in [0.5, 0.6) is 0 Å². The predicted molar refractivity (Wildman–Crippen MR) is 77.1 cm³/mol. The van der Waals surface area contributed by atoms with Gasteiger partial charge in [0.25, 0.3) is 0 Å². The Morgan fingerprint density at radius 2 is 2.21 bits per heavy atom. The first-order valence-corrected chi connectivity index (χ1v) is 6.74. The van der Waals surface area contributed by atoms with Crippen LogP contribution in [0.3, 0.4) is 0 Å². The largest absolute Gasteiger partial charge is 0.366 e. The number of para-hydroxylation sites is 1. The van der Waals surface area contributed by atoms with Gasteiger partial charge in [-0.25, -0.2) is 0 Å². The Labute approximate surface area is 113 Å². The van der Waals surface area contributed by atoms with Gasteiger partial charge < -0.3 is 10.6 Å². The van der Waals surface area contributed by atoms with Crippen molar-refractivity contribution < 1.29 is 0 Å². The lowest BCUT2D eigenvalue weighted by Crippen LogP contribution is -2.36. The summed E-state index contributed by atoms with van der Waals surface area (Å²) in [6.45, 7) is 3.10. The van der Waals surface area contributed by atoms with Gasteiger partial charge in [-0.05, 0) is 25.0 Å². The zero-order chi connectivity index (χ0) is 13.4. The van der Waals surface area contributed by atoms with Crippen LogP contribution < -0.4 is 10.6 Å². The number of aryl methyl sites for hydroxylation is 1. The number of nitrogens with zero attached hydrogens (tertiary/aromatic N) is 3. The minimum absolute atomic E-state index is 0.00214. The van der Waals surface area contributed by atoms with Gasteiger partial charge in [-0.3, -0.25) is 4.68 Å². The summed E-state index contributed by atoms with van der Waals surface area (Å²) in [6, 6.07) is 9.12. The lowest BCUT2D eigenvalue weighted by atomic mass is 10.1. The van der Waals surface area contributed by atoms with Gasteiger partial charge in [0.15, 0.2) is 0 Å². The molecule has 1 aromatic heterocycles. The van der Waals surface area contributed by atoms with Crippen molar-refractivity contribution in [3.05, 3.63) is 47.8 Å². The molecule has 4 nitrogen and oxygen atoms in total. The van der Waals surface area contributed by atoms with Crippen LogP contribution in [0.2, 0.25) is 0 Å². The Morgan fingerprint density at radius 1 is 1.42 bits per heavy atom. The molecular formula is C15H20N4. The van der Waals surface area contributed by atoms with Crippen molar-refractivity contribution in [3.63, 3.8) is 0 Å². The van der Waals surface area contributed by atoms with E-state index in [0.29, 0.717) is 6.04 Å². The highest BCUT2D eigenvalue weighted by atomic mass is 15.2. The number of hydrogen-bond acceptors (Lipinski definition) is 3. The third-order valence-electron chi connectivity index (χ3n) is 3.89. The van der Waals surface area contributed by atoms with E-state index in [9.17, 15) is 0 Å². The van der Waals surface area contributed by atoms with Gasteiger partial charge in [0.1, 0.15) is 0 Å². The van der Waals surface area contributed by atoms with E-state index < -0.39 is 0 Å². The van der Waals surface area contributed by atoms with E-state index in [1.165, 1.54) is 11.3 Å². The lowest BCUT2D eigenvalue weighted by molar-refractivity contribution is 0.609. The summed E-state index contributed by atoms with van der Waals surface area (Å²) in [4.78, 5) is 2.41. The third-order valence-corrected chi connectivity index (χ3v) is 3.89. The highest BCUT2D eigenvalue weighted by Crippen LogP contribution is 2.32. The van der Waals surface area contributed by atoms with Crippen LogP contribution in [-0.2, 0) is 13.5 Å². The molecule has 2 heterocycles. The molecule has 19 heavy (non-hydrogen) atoms. The number of rotatable bonds is 3. The third kappa shape index (κ3) is 2.24. The monoisotopic (exact) mass is 256 g/mol. The number of benzene rings is 1. The molecule has 2 atom stereocenters. The second-order valence-corrected chi connectivity index (χ2v) is 5.39. The molecule has 0 saturated carbocycles. The van der Waals surface area contributed by atoms with Crippen LogP contribution in [0.15, 0.2) is 36.7 Å². The summed E-state index contributed by atoms with van der Waals surface area (Å²) < 4.78 is 1.80. The van der Waals surface area contributed by atoms with E-state index in [1.54, 1.807) is 4.68 Å². The van der Waals surface area contributed by atoms with Crippen molar-refractivity contribution in [2.75, 3.05) is 11.4 Å². The van der Waals surface area contributed by atoms with E-state index in [2.05, 4.69) is 41.2 Å². The SMILES string of the molecule is CC1Cc2ccccc2N1CC(N)c1cnn(C)c1. The fourth-order valence-corrected chi connectivity index (χ4v) is 2.86. The maximum absolute atomic E-state index is 6.31. The van der Waals surface area contributed by atoms with E-state index in [0.717, 1.165) is 18.5 Å². The number of nitrogens with two attached hydrogens (primary N) is 1. The molecule has 1 aromatic carbocycles. The topological polar surface area (TPSA) is 47.1 Å². The summed E-state index contributed by atoms with van der Waals surface area (Å²) in [5.74, 6) is 0. The molecule has 0 aliphatic carbocycles. The van der Waals surface area contributed by atoms with Crippen molar-refractivity contribution in [3.8, 4) is 0 Å². The van der Waals surface area contributed by atoms with Crippen LogP contribution in [0.4, 0.5) is 5.69 Å². The fraction of sp³-hybridized carbons (Fsp3) is 0.400. The van der Waals surface area contributed by atoms with Crippen molar-refractivity contribution in [2.45, 2.75) is 25.4 Å². The highest BCUT2D eigenvalue weighted by Gasteiger charge is 2.27. The first-order valence-electron chi connectivity index (χ1n) is 6.74. The maximum Gasteiger partial charge on any atom is 0.0538 e. The number of fused-ring (bicyclic) bond motifs is 1. The zero-order valence-electron chi connectivity index (χ0n) is 11.5. The first kappa shape index (κ1) is 12.2. The molecule has 2 aromatic rings. The van der Waals surface area contributed by atoms with Gasteiger partial charge in [0.05, 0.1) is 12.2 Å². The zero-order valence-corrected chi connectivity index (χ0v) is 11.5. The van der Waals surface area contributed by atoms with Crippen molar-refractivity contribution in [1.29, 1.82) is 0 Å². The van der Waals surface area contributed by atoms with Crippen molar-refractivity contribution in [2.24, 2.45) is 12.8 Å². The molecule has 0 fully saturated rings. The summed E-state index contributed by atoms with van der Waals surface area (Å²) in [5, 5.41) is 4.19. The quantitative estimate of drug-likeness (QED) is 0.912. The van der Waals surface area contributed by atoms with E-state index in [1.807, 2.05) is 19.4 Å². The van der Waals surface area contributed by atoms with Gasteiger partial charge in [-0.1, -0.05) is 18.2 Å². The summed E-state index contributed by atoms with van der Waals surface area (Å²) in [7, 11) is 1.92. The Balaban J connectivity index is 1.80. The molecule has 2 unspecified atom stereocenters. The Bertz CT molecular complexity index is 575. The van der Waals surface area contributed by atoms with Gasteiger partial charge in [0, 0.05) is 37.1 Å². The second-order valence-electron chi connectivity index (χ2n) is 5.39. The minimum Gasteiger partial charge on any atom is -0.366 e. The number of aromatic nitrogens is 2. The molecule has 100 valence electrons. The van der Waals surface area contributed by atoms with Crippen LogP contribution in [-0.4, -0.2) is 22.4 Å². The number of anilines is 1. The van der Waals surface area contributed by atoms with Crippen LogP contribution in [0.25, 0.3) is 0 Å². The average molecular weight is 256 g/mol. The first-order chi connectivity index (χ1) is 9.15. The molecule has 0 saturated heterocycles. The molecule has 0 bridgehead atoms. The minimum atomic E-state index is 0.00214. The normalized spacial score (nSPS) is 19.5. The molecule has 1 aliphatic rings. The summed E-state index contributed by atoms with van der Waals surface area (Å²) >= 11 is 0. The second kappa shape index (κ2) is 4.70. The maximum atomic E-state index is 6.31. The fourth-order valence-electron chi connectivity index (χ4n) is 2.86. The van der Waals surface area contributed by atoms with Gasteiger partial charge in [-0.15, -0.1) is 0 Å². The van der Waals surface area contributed by atoms with Gasteiger partial charge >= 0.3 is 0 Å². The Morgan fingerprint density at radius 3 is 2.95 bits per heavy atom. The molecule has 3 rings (SSSR count). The molecule has 0 spiro atoms. The van der Waals surface area contributed by atoms with E-state index in [4.69, 9.17) is 5.73 Å². The number of hydrogen-bond donors (Lipinski definition) is 1. The standard InChI is InChI=1S/C15H20N4/c1-11-7-12-5-3-4-6-15(12)19(11)10-14(16)13-8-17-18(2)9-13/h3-6,8-9,11,14H,7,10,16H2,1-2H3. The molecule has 4 heteroatoms. The Kier molecular flexibility index (Phi) is 3.03. The van der Waals surface area contributed by atoms with Gasteiger partial charge in [0.2, 0.25) is 0 Å². The summed E-state index contributed by atoms with van der Waals surface area (Å²) in [6.07, 6.45) is 4.96. The lowest BCUT2D eigenvalue weighted by Gasteiger charge is -2.27. The average Bonchev–Trinajstić information content (AvgIpc) is 2.95. The van der Waals surface area contributed by atoms with Gasteiger partial charge in [-0.2, -0.15) is 5.10 Å². The van der Waals surface area contributed by atoms with E-state index in [-0.39, 0.29) is 6.04 Å². The smallest absolute Gasteiger partial charge is 0.0538 e. The molecule has 1 aliphatic heterocycles. The molecule has 0 amide bonds. The molecule has 0 radical (unpaired) electrons.